The number of nitro groups is 1. The van der Waals surface area contributed by atoms with Crippen LogP contribution in [0.4, 0.5) is 5.69 Å². The smallest absolute Gasteiger partial charge is 0.268 e. The summed E-state index contributed by atoms with van der Waals surface area (Å²) < 4.78 is 2.17. The molecule has 24 heavy (non-hydrogen) atoms. The summed E-state index contributed by atoms with van der Waals surface area (Å²) in [6, 6.07) is 5.66. The summed E-state index contributed by atoms with van der Waals surface area (Å²) in [7, 11) is 2.85. The molecule has 2 aliphatic heterocycles. The first kappa shape index (κ1) is 15.8. The highest BCUT2D eigenvalue weighted by atomic mass is 35.5. The van der Waals surface area contributed by atoms with Crippen molar-refractivity contribution in [3.8, 4) is 22.6 Å². The van der Waals surface area contributed by atoms with Gasteiger partial charge < -0.3 is 0 Å². The predicted octanol–water partition coefficient (Wildman–Crippen LogP) is 1.21. The van der Waals surface area contributed by atoms with E-state index in [1.54, 1.807) is 6.07 Å². The normalized spacial score (nSPS) is 11.0. The number of nitrogens with zero attached hydrogens (tertiary/aromatic N) is 5. The summed E-state index contributed by atoms with van der Waals surface area (Å²) >= 11 is 5.80. The summed E-state index contributed by atoms with van der Waals surface area (Å²) in [6.45, 7) is 0. The molecule has 10 heteroatoms. The number of halogens is 1. The third-order valence-electron chi connectivity index (χ3n) is 3.55. The van der Waals surface area contributed by atoms with Crippen LogP contribution in [-0.4, -0.2) is 24.3 Å². The van der Waals surface area contributed by atoms with Crippen molar-refractivity contribution in [1.29, 1.82) is 0 Å². The van der Waals surface area contributed by atoms with Crippen LogP contribution < -0.4 is 11.2 Å². The Morgan fingerprint density at radius 3 is 2.58 bits per heavy atom. The molecular weight excluding hydrogens is 338 g/mol. The van der Waals surface area contributed by atoms with E-state index in [9.17, 15) is 19.7 Å². The Hall–Kier alpha value is -3.07. The van der Waals surface area contributed by atoms with Crippen molar-refractivity contribution < 1.29 is 4.92 Å². The second kappa shape index (κ2) is 5.53. The van der Waals surface area contributed by atoms with Crippen molar-refractivity contribution in [3.63, 3.8) is 0 Å². The van der Waals surface area contributed by atoms with Crippen LogP contribution in [0.2, 0.25) is 5.02 Å². The fraction of sp³-hybridized carbons (Fsp3) is 0.143. The zero-order valence-corrected chi connectivity index (χ0v) is 13.3. The van der Waals surface area contributed by atoms with E-state index >= 15 is 0 Å². The molecule has 0 saturated carbocycles. The molecule has 0 saturated heterocycles. The highest BCUT2D eigenvalue weighted by Crippen LogP contribution is 2.30. The minimum atomic E-state index is -0.681. The van der Waals surface area contributed by atoms with Gasteiger partial charge in [-0.2, -0.15) is 10.1 Å². The van der Waals surface area contributed by atoms with Gasteiger partial charge in [0.25, 0.3) is 11.2 Å². The molecule has 122 valence electrons. The Labute approximate surface area is 139 Å². The van der Waals surface area contributed by atoms with E-state index in [0.29, 0.717) is 11.3 Å². The molecule has 3 rings (SSSR count). The Morgan fingerprint density at radius 2 is 1.92 bits per heavy atom. The summed E-state index contributed by atoms with van der Waals surface area (Å²) in [5.74, 6) is 0.135. The molecule has 0 unspecified atom stereocenters. The Kier molecular flexibility index (Phi) is 3.64. The van der Waals surface area contributed by atoms with Gasteiger partial charge >= 0.3 is 5.69 Å². The van der Waals surface area contributed by atoms with E-state index in [-0.39, 0.29) is 22.1 Å². The van der Waals surface area contributed by atoms with Gasteiger partial charge in [0.15, 0.2) is 5.82 Å². The lowest BCUT2D eigenvalue weighted by Crippen LogP contribution is -2.36. The first-order valence-corrected chi connectivity index (χ1v) is 7.07. The van der Waals surface area contributed by atoms with Crippen molar-refractivity contribution in [2.24, 2.45) is 14.1 Å². The molecule has 2 heterocycles. The van der Waals surface area contributed by atoms with E-state index < -0.39 is 16.2 Å². The molecule has 0 amide bonds. The topological polar surface area (TPSA) is 113 Å². The van der Waals surface area contributed by atoms with Crippen LogP contribution in [0.15, 0.2) is 33.9 Å². The van der Waals surface area contributed by atoms with Crippen molar-refractivity contribution in [3.05, 3.63) is 60.2 Å². The standard InChI is InChI=1S/C14H10ClN5O4/c1-18-13(21)8-6-10(17-19(2)12(8)16-14(18)22)7-3-4-9(15)11(5-7)20(23)24/h3-6H,1-2H3. The van der Waals surface area contributed by atoms with Gasteiger partial charge in [0.1, 0.15) is 5.02 Å². The molecule has 0 bridgehead atoms. The maximum atomic E-state index is 12.3. The molecule has 0 aromatic heterocycles. The monoisotopic (exact) mass is 347 g/mol. The van der Waals surface area contributed by atoms with Crippen LogP contribution in [0.5, 0.6) is 0 Å². The van der Waals surface area contributed by atoms with Gasteiger partial charge in [-0.15, -0.1) is 0 Å². The second-order valence-corrected chi connectivity index (χ2v) is 5.48. The number of hydrogen-bond acceptors (Lipinski definition) is 6. The number of aromatic nitrogens is 4. The lowest BCUT2D eigenvalue weighted by atomic mass is 10.1. The number of aryl methyl sites for hydroxylation is 1. The third kappa shape index (κ3) is 2.44. The van der Waals surface area contributed by atoms with Crippen LogP contribution in [0.1, 0.15) is 0 Å². The molecule has 9 nitrogen and oxygen atoms in total. The fourth-order valence-electron chi connectivity index (χ4n) is 2.29. The van der Waals surface area contributed by atoms with E-state index in [1.807, 2.05) is 0 Å². The summed E-state index contributed by atoms with van der Waals surface area (Å²) in [5, 5.41) is 15.2. The molecule has 1 aromatic rings. The zero-order valence-electron chi connectivity index (χ0n) is 12.6. The first-order valence-electron chi connectivity index (χ1n) is 6.69. The van der Waals surface area contributed by atoms with Crippen molar-refractivity contribution in [2.75, 3.05) is 0 Å². The van der Waals surface area contributed by atoms with Gasteiger partial charge in [-0.25, -0.2) is 9.48 Å². The first-order chi connectivity index (χ1) is 11.3. The van der Waals surface area contributed by atoms with Crippen LogP contribution in [0, 0.1) is 10.1 Å². The molecule has 0 aliphatic carbocycles. The van der Waals surface area contributed by atoms with Crippen molar-refractivity contribution in [2.45, 2.75) is 0 Å². The van der Waals surface area contributed by atoms with Crippen molar-refractivity contribution >= 4 is 17.3 Å². The van der Waals surface area contributed by atoms with E-state index in [0.717, 1.165) is 4.57 Å². The fourth-order valence-corrected chi connectivity index (χ4v) is 2.48. The molecule has 2 aliphatic rings. The molecular formula is C14H10ClN5O4. The minimum absolute atomic E-state index is 0.00231. The average Bonchev–Trinajstić information content (AvgIpc) is 2.54. The van der Waals surface area contributed by atoms with Crippen LogP contribution >= 0.6 is 11.6 Å². The highest BCUT2D eigenvalue weighted by Gasteiger charge is 2.19. The van der Waals surface area contributed by atoms with Crippen LogP contribution in [0.3, 0.4) is 0 Å². The summed E-state index contributed by atoms with van der Waals surface area (Å²) in [6.07, 6.45) is 0. The largest absolute Gasteiger partial charge is 0.352 e. The molecule has 1 aromatic carbocycles. The number of hydrogen-bond donors (Lipinski definition) is 0. The Bertz CT molecular complexity index is 1070. The quantitative estimate of drug-likeness (QED) is 0.508. The molecule has 0 spiro atoms. The second-order valence-electron chi connectivity index (χ2n) is 5.07. The minimum Gasteiger partial charge on any atom is -0.268 e. The van der Waals surface area contributed by atoms with E-state index in [2.05, 4.69) is 10.1 Å². The Balaban J connectivity index is 2.31. The van der Waals surface area contributed by atoms with E-state index in [1.165, 1.54) is 37.0 Å². The molecule has 0 radical (unpaired) electrons. The van der Waals surface area contributed by atoms with Gasteiger partial charge in [-0.05, 0) is 12.1 Å². The number of nitro benzene ring substituents is 1. The van der Waals surface area contributed by atoms with Gasteiger partial charge in [0.2, 0.25) is 0 Å². The molecule has 0 atom stereocenters. The van der Waals surface area contributed by atoms with Gasteiger partial charge in [-0.3, -0.25) is 19.5 Å². The summed E-state index contributed by atoms with van der Waals surface area (Å²) in [5.41, 5.74) is -0.548. The van der Waals surface area contributed by atoms with E-state index in [4.69, 9.17) is 11.6 Å². The lowest BCUT2D eigenvalue weighted by Gasteiger charge is -2.12. The van der Waals surface area contributed by atoms with Gasteiger partial charge in [0.05, 0.1) is 16.2 Å². The Morgan fingerprint density at radius 1 is 1.21 bits per heavy atom. The molecule has 0 N–H and O–H groups in total. The summed E-state index contributed by atoms with van der Waals surface area (Å²) in [4.78, 5) is 38.1. The SMILES string of the molecule is Cn1nc(-c2ccc(Cl)c([N+](=O)[O-])c2)cc2c(=O)n(C)c(=O)nc1-2. The number of fused-ring (bicyclic) bond motifs is 1. The van der Waals surface area contributed by atoms with Crippen molar-refractivity contribution in [1.82, 2.24) is 19.3 Å². The maximum absolute atomic E-state index is 12.3. The maximum Gasteiger partial charge on any atom is 0.352 e. The number of rotatable bonds is 2. The number of benzene rings is 1. The lowest BCUT2D eigenvalue weighted by molar-refractivity contribution is -0.384. The van der Waals surface area contributed by atoms with Crippen LogP contribution in [-0.2, 0) is 14.1 Å². The van der Waals surface area contributed by atoms with Gasteiger partial charge in [-0.1, -0.05) is 17.7 Å². The third-order valence-corrected chi connectivity index (χ3v) is 3.87. The molecule has 0 fully saturated rings. The predicted molar refractivity (Wildman–Crippen MR) is 86.2 cm³/mol. The van der Waals surface area contributed by atoms with Crippen LogP contribution in [0.25, 0.3) is 22.6 Å². The zero-order chi connectivity index (χ0) is 17.6. The van der Waals surface area contributed by atoms with Gasteiger partial charge in [0, 0.05) is 25.7 Å². The highest BCUT2D eigenvalue weighted by molar-refractivity contribution is 6.32. The average molecular weight is 348 g/mol.